The zero-order valence-electron chi connectivity index (χ0n) is 10.9. The first kappa shape index (κ1) is 12.0. The zero-order valence-corrected chi connectivity index (χ0v) is 10.9. The molecule has 0 saturated carbocycles. The quantitative estimate of drug-likeness (QED) is 0.583. The molecule has 5 heteroatoms. The van der Waals surface area contributed by atoms with Gasteiger partial charge in [-0.15, -0.1) is 0 Å². The van der Waals surface area contributed by atoms with Crippen molar-refractivity contribution in [3.8, 4) is 11.3 Å². The van der Waals surface area contributed by atoms with E-state index in [9.17, 15) is 0 Å². The van der Waals surface area contributed by atoms with Crippen LogP contribution in [0.25, 0.3) is 11.3 Å². The lowest BCUT2D eigenvalue weighted by Crippen LogP contribution is -2.19. The molecule has 2 aromatic rings. The minimum atomic E-state index is 0.970. The fourth-order valence-corrected chi connectivity index (χ4v) is 2.05. The Morgan fingerprint density at radius 1 is 1.06 bits per heavy atom. The highest BCUT2D eigenvalue weighted by Gasteiger charge is 2.04. The molecule has 2 heterocycles. The van der Waals surface area contributed by atoms with Crippen LogP contribution in [-0.4, -0.2) is 32.7 Å². The molecule has 2 nitrogen and oxygen atoms in total. The molecule has 0 aliphatic carbocycles. The first-order chi connectivity index (χ1) is 8.08. The van der Waals surface area contributed by atoms with E-state index in [1.807, 2.05) is 14.8 Å². The minimum absolute atomic E-state index is 0.970. The van der Waals surface area contributed by atoms with Gasteiger partial charge in [0.15, 0.2) is 7.85 Å². The molecule has 0 amide bonds. The summed E-state index contributed by atoms with van der Waals surface area (Å²) in [6.07, 6.45) is 0. The second kappa shape index (κ2) is 4.78. The Balaban J connectivity index is 2.55. The van der Waals surface area contributed by atoms with Crippen molar-refractivity contribution < 1.29 is 0 Å². The fourth-order valence-electron chi connectivity index (χ4n) is 2.05. The van der Waals surface area contributed by atoms with Gasteiger partial charge in [0.05, 0.1) is 13.4 Å². The van der Waals surface area contributed by atoms with Crippen molar-refractivity contribution in [3.05, 3.63) is 35.5 Å². The number of rotatable bonds is 2. The molecule has 2 rings (SSSR count). The number of hydrogen-bond acceptors (Lipinski definition) is 2. The van der Waals surface area contributed by atoms with Crippen LogP contribution in [-0.2, 0) is 0 Å². The van der Waals surface area contributed by atoms with Gasteiger partial charge in [-0.2, -0.15) is 0 Å². The van der Waals surface area contributed by atoms with E-state index in [4.69, 9.17) is 0 Å². The Bertz CT molecular complexity index is 535. The SMILES string of the molecule is BBc1cc(C)cc(-c2cc(B)nc(C)c2)n1. The van der Waals surface area contributed by atoms with E-state index in [1.165, 1.54) is 5.56 Å². The van der Waals surface area contributed by atoms with Gasteiger partial charge in [0.25, 0.3) is 0 Å². The number of nitrogens with zero attached hydrogens (tertiary/aromatic N) is 2. The van der Waals surface area contributed by atoms with Gasteiger partial charge in [0.2, 0.25) is 0 Å². The van der Waals surface area contributed by atoms with E-state index >= 15 is 0 Å². The third-order valence-corrected chi connectivity index (χ3v) is 2.76. The van der Waals surface area contributed by atoms with Gasteiger partial charge in [0.1, 0.15) is 7.17 Å². The van der Waals surface area contributed by atoms with Gasteiger partial charge in [-0.3, -0.25) is 9.97 Å². The van der Waals surface area contributed by atoms with Crippen LogP contribution >= 0.6 is 0 Å². The highest BCUT2D eigenvalue weighted by atomic mass is 14.7. The van der Waals surface area contributed by atoms with Gasteiger partial charge in [-0.1, -0.05) is 0 Å². The van der Waals surface area contributed by atoms with Crippen LogP contribution in [0, 0.1) is 13.8 Å². The Labute approximate surface area is 105 Å². The summed E-state index contributed by atoms with van der Waals surface area (Å²) in [6.45, 7) is 4.14. The predicted molar refractivity (Wildman–Crippen MR) is 80.4 cm³/mol. The first-order valence-electron chi connectivity index (χ1n) is 6.01. The summed E-state index contributed by atoms with van der Waals surface area (Å²) >= 11 is 0. The lowest BCUT2D eigenvalue weighted by atomic mass is 9.53. The molecule has 0 unspecified atom stereocenters. The highest BCUT2D eigenvalue weighted by molar-refractivity contribution is 6.97. The van der Waals surface area contributed by atoms with E-state index in [2.05, 4.69) is 48.9 Å². The number of hydrogen-bond donors (Lipinski definition) is 0. The van der Waals surface area contributed by atoms with Crippen LogP contribution < -0.4 is 11.2 Å². The third-order valence-electron chi connectivity index (χ3n) is 2.76. The molecule has 0 aromatic carbocycles. The van der Waals surface area contributed by atoms with E-state index < -0.39 is 0 Å². The maximum atomic E-state index is 4.68. The van der Waals surface area contributed by atoms with Gasteiger partial charge in [-0.05, 0) is 54.9 Å². The van der Waals surface area contributed by atoms with Crippen LogP contribution in [0.15, 0.2) is 24.3 Å². The summed E-state index contributed by atoms with van der Waals surface area (Å²) in [5, 5.41) is 0. The van der Waals surface area contributed by atoms with Crippen LogP contribution in [0.4, 0.5) is 0 Å². The lowest BCUT2D eigenvalue weighted by Gasteiger charge is -2.07. The molecular formula is C12H15B3N2. The monoisotopic (exact) mass is 220 g/mol. The largest absolute Gasteiger partial charge is 0.269 e. The summed E-state index contributed by atoms with van der Waals surface area (Å²) in [5.74, 6) is 0. The lowest BCUT2D eigenvalue weighted by molar-refractivity contribution is 1.23. The molecule has 82 valence electrons. The molecule has 2 aromatic heterocycles. The van der Waals surface area contributed by atoms with Gasteiger partial charge in [-0.25, -0.2) is 0 Å². The second-order valence-corrected chi connectivity index (χ2v) is 4.51. The molecule has 0 fully saturated rings. The smallest absolute Gasteiger partial charge is 0.163 e. The van der Waals surface area contributed by atoms with Gasteiger partial charge >= 0.3 is 0 Å². The average Bonchev–Trinajstić information content (AvgIpc) is 2.26. The van der Waals surface area contributed by atoms with E-state index in [-0.39, 0.29) is 0 Å². The van der Waals surface area contributed by atoms with Crippen LogP contribution in [0.1, 0.15) is 11.3 Å². The Morgan fingerprint density at radius 3 is 2.47 bits per heavy atom. The van der Waals surface area contributed by atoms with E-state index in [0.717, 1.165) is 35.3 Å². The topological polar surface area (TPSA) is 25.8 Å². The highest BCUT2D eigenvalue weighted by Crippen LogP contribution is 2.16. The zero-order chi connectivity index (χ0) is 12.4. The molecule has 0 saturated heterocycles. The molecule has 0 aliphatic rings. The maximum Gasteiger partial charge on any atom is 0.163 e. The molecule has 0 atom stereocenters. The van der Waals surface area contributed by atoms with Gasteiger partial charge in [0, 0.05) is 11.3 Å². The molecule has 0 N–H and O–H groups in total. The average molecular weight is 220 g/mol. The number of pyridine rings is 2. The van der Waals surface area contributed by atoms with E-state index in [0.29, 0.717) is 0 Å². The molecule has 0 spiro atoms. The first-order valence-corrected chi connectivity index (χ1v) is 6.01. The molecule has 17 heavy (non-hydrogen) atoms. The van der Waals surface area contributed by atoms with Crippen molar-refractivity contribution in [2.75, 3.05) is 0 Å². The summed E-state index contributed by atoms with van der Waals surface area (Å²) in [4.78, 5) is 9.07. The second-order valence-electron chi connectivity index (χ2n) is 4.51. The maximum absolute atomic E-state index is 4.68. The van der Waals surface area contributed by atoms with Crippen molar-refractivity contribution in [2.45, 2.75) is 13.8 Å². The summed E-state index contributed by atoms with van der Waals surface area (Å²) in [6, 6.07) is 8.46. The van der Waals surface area contributed by atoms with Crippen molar-refractivity contribution in [2.24, 2.45) is 0 Å². The van der Waals surface area contributed by atoms with Gasteiger partial charge < -0.3 is 0 Å². The van der Waals surface area contributed by atoms with Crippen molar-refractivity contribution in [3.63, 3.8) is 0 Å². The van der Waals surface area contributed by atoms with Crippen LogP contribution in [0.3, 0.4) is 0 Å². The van der Waals surface area contributed by atoms with E-state index in [1.54, 1.807) is 0 Å². The molecule has 0 bridgehead atoms. The normalized spacial score (nSPS) is 10.2. The summed E-state index contributed by atoms with van der Waals surface area (Å²) in [7, 11) is 5.12. The predicted octanol–water partition coefficient (Wildman–Crippen LogP) is -1.37. The van der Waals surface area contributed by atoms with Crippen LogP contribution in [0.2, 0.25) is 0 Å². The minimum Gasteiger partial charge on any atom is -0.269 e. The number of aromatic nitrogens is 2. The van der Waals surface area contributed by atoms with Crippen molar-refractivity contribution in [1.29, 1.82) is 0 Å². The molecule has 0 radical (unpaired) electrons. The summed E-state index contributed by atoms with van der Waals surface area (Å²) in [5.41, 5.74) is 6.71. The van der Waals surface area contributed by atoms with Crippen LogP contribution in [0.5, 0.6) is 0 Å². The molecule has 0 aliphatic heterocycles. The third kappa shape index (κ3) is 2.79. The summed E-state index contributed by atoms with van der Waals surface area (Å²) < 4.78 is 0. The Kier molecular flexibility index (Phi) is 3.37. The Hall–Kier alpha value is -1.51. The van der Waals surface area contributed by atoms with Crippen molar-refractivity contribution in [1.82, 2.24) is 9.97 Å². The Morgan fingerprint density at radius 2 is 1.82 bits per heavy atom. The van der Waals surface area contributed by atoms with Crippen molar-refractivity contribution >= 4 is 33.9 Å². The standard InChI is InChI=1S/C12H15B3N2/c1-7-3-10(17-12(4-7)15-14)9-5-8(2)16-11(13)6-9/h3-6,15H,13-14H2,1-2H3. The molecular weight excluding hydrogens is 205 g/mol. The fraction of sp³-hybridized carbons (Fsp3) is 0.167. The number of aryl methyl sites for hydroxylation is 2.